The van der Waals surface area contributed by atoms with Crippen LogP contribution in [0, 0.1) is 5.92 Å². The fraction of sp³-hybridized carbons (Fsp3) is 0.600. The fourth-order valence-corrected chi connectivity index (χ4v) is 3.66. The second-order valence-corrected chi connectivity index (χ2v) is 8.07. The predicted octanol–water partition coefficient (Wildman–Crippen LogP) is 2.51. The molecule has 0 amide bonds. The minimum Gasteiger partial charge on any atom is -0.397 e. The Kier molecular flexibility index (Phi) is 5.11. The number of hydrogen-bond donors (Lipinski definition) is 2. The average Bonchev–Trinajstić information content (AvgIpc) is 2.46. The Labute approximate surface area is 127 Å². The Morgan fingerprint density at radius 2 is 1.90 bits per heavy atom. The van der Waals surface area contributed by atoms with E-state index >= 15 is 0 Å². The number of rotatable bonds is 5. The third kappa shape index (κ3) is 3.89. The molecule has 1 fully saturated rings. The van der Waals surface area contributed by atoms with E-state index in [-0.39, 0.29) is 4.90 Å². The van der Waals surface area contributed by atoms with Gasteiger partial charge in [0.2, 0.25) is 10.0 Å². The molecule has 0 atom stereocenters. The van der Waals surface area contributed by atoms with Gasteiger partial charge in [0.05, 0.1) is 16.3 Å². The molecule has 1 aromatic rings. The Morgan fingerprint density at radius 3 is 2.48 bits per heavy atom. The molecule has 1 aliphatic rings. The van der Waals surface area contributed by atoms with Crippen molar-refractivity contribution in [1.29, 1.82) is 0 Å². The van der Waals surface area contributed by atoms with Crippen LogP contribution in [-0.2, 0) is 10.0 Å². The van der Waals surface area contributed by atoms with Gasteiger partial charge in [-0.3, -0.25) is 0 Å². The highest BCUT2D eigenvalue weighted by Gasteiger charge is 2.18. The van der Waals surface area contributed by atoms with Crippen molar-refractivity contribution in [1.82, 2.24) is 4.31 Å². The normalized spacial score (nSPS) is 17.1. The maximum absolute atomic E-state index is 12.1. The van der Waals surface area contributed by atoms with Crippen LogP contribution < -0.4 is 11.1 Å². The van der Waals surface area contributed by atoms with Gasteiger partial charge in [-0.25, -0.2) is 12.7 Å². The molecule has 0 unspecified atom stereocenters. The number of sulfonamides is 1. The molecule has 0 saturated heterocycles. The van der Waals surface area contributed by atoms with Crippen molar-refractivity contribution < 1.29 is 8.42 Å². The lowest BCUT2D eigenvalue weighted by molar-refractivity contribution is 0.373. The number of hydrogen-bond acceptors (Lipinski definition) is 4. The third-order valence-corrected chi connectivity index (χ3v) is 5.92. The van der Waals surface area contributed by atoms with E-state index in [1.54, 1.807) is 12.1 Å². The summed E-state index contributed by atoms with van der Waals surface area (Å²) in [6, 6.07) is 4.89. The van der Waals surface area contributed by atoms with Crippen molar-refractivity contribution in [2.75, 3.05) is 31.7 Å². The largest absolute Gasteiger partial charge is 0.397 e. The highest BCUT2D eigenvalue weighted by atomic mass is 32.2. The van der Waals surface area contributed by atoms with E-state index in [0.29, 0.717) is 11.6 Å². The maximum atomic E-state index is 12.1. The van der Waals surface area contributed by atoms with Crippen LogP contribution in [0.4, 0.5) is 11.4 Å². The molecule has 1 saturated carbocycles. The van der Waals surface area contributed by atoms with Gasteiger partial charge in [0, 0.05) is 20.6 Å². The lowest BCUT2D eigenvalue weighted by atomic mass is 9.89. The highest BCUT2D eigenvalue weighted by Crippen LogP contribution is 2.27. The lowest BCUT2D eigenvalue weighted by Gasteiger charge is -2.23. The molecule has 0 aliphatic heterocycles. The first-order valence-electron chi connectivity index (χ1n) is 7.47. The molecule has 6 heteroatoms. The summed E-state index contributed by atoms with van der Waals surface area (Å²) in [6.45, 7) is 0.907. The molecule has 0 heterocycles. The molecule has 118 valence electrons. The average molecular weight is 311 g/mol. The summed E-state index contributed by atoms with van der Waals surface area (Å²) in [4.78, 5) is 0.230. The lowest BCUT2D eigenvalue weighted by Crippen LogP contribution is -2.22. The Hall–Kier alpha value is -1.27. The van der Waals surface area contributed by atoms with Crippen molar-refractivity contribution in [3.8, 4) is 0 Å². The molecule has 2 rings (SSSR count). The Balaban J connectivity index is 2.05. The Morgan fingerprint density at radius 1 is 1.24 bits per heavy atom. The molecule has 3 N–H and O–H groups in total. The van der Waals surface area contributed by atoms with Crippen LogP contribution >= 0.6 is 0 Å². The van der Waals surface area contributed by atoms with Gasteiger partial charge in [-0.15, -0.1) is 0 Å². The molecule has 0 radical (unpaired) electrons. The quantitative estimate of drug-likeness (QED) is 0.819. The third-order valence-electron chi connectivity index (χ3n) is 4.11. The highest BCUT2D eigenvalue weighted by molar-refractivity contribution is 7.89. The van der Waals surface area contributed by atoms with Gasteiger partial charge in [0.15, 0.2) is 0 Å². The van der Waals surface area contributed by atoms with Crippen molar-refractivity contribution in [3.05, 3.63) is 18.2 Å². The van der Waals surface area contributed by atoms with E-state index in [4.69, 9.17) is 5.73 Å². The zero-order valence-electron chi connectivity index (χ0n) is 12.8. The molecular formula is C15H25N3O2S. The topological polar surface area (TPSA) is 75.4 Å². The molecule has 0 spiro atoms. The van der Waals surface area contributed by atoms with Crippen LogP contribution in [0.5, 0.6) is 0 Å². The molecule has 5 nitrogen and oxygen atoms in total. The van der Waals surface area contributed by atoms with E-state index in [1.807, 2.05) is 0 Å². The minimum atomic E-state index is -3.43. The van der Waals surface area contributed by atoms with E-state index in [1.165, 1.54) is 56.6 Å². The first-order chi connectivity index (χ1) is 9.91. The van der Waals surface area contributed by atoms with Gasteiger partial charge in [0.25, 0.3) is 0 Å². The van der Waals surface area contributed by atoms with Crippen LogP contribution in [-0.4, -0.2) is 33.4 Å². The monoisotopic (exact) mass is 311 g/mol. The summed E-state index contributed by atoms with van der Waals surface area (Å²) >= 11 is 0. The summed E-state index contributed by atoms with van der Waals surface area (Å²) in [5.74, 6) is 0.698. The number of benzene rings is 1. The van der Waals surface area contributed by atoms with E-state index in [2.05, 4.69) is 5.32 Å². The summed E-state index contributed by atoms with van der Waals surface area (Å²) in [6.07, 6.45) is 6.49. The van der Waals surface area contributed by atoms with Crippen LogP contribution in [0.1, 0.15) is 32.1 Å². The molecule has 0 bridgehead atoms. The maximum Gasteiger partial charge on any atom is 0.242 e. The summed E-state index contributed by atoms with van der Waals surface area (Å²) in [7, 11) is -0.397. The molecular weight excluding hydrogens is 286 g/mol. The number of nitrogens with two attached hydrogens (primary N) is 1. The molecule has 0 aromatic heterocycles. The van der Waals surface area contributed by atoms with Crippen molar-refractivity contribution in [2.45, 2.75) is 37.0 Å². The summed E-state index contributed by atoms with van der Waals surface area (Å²) < 4.78 is 25.3. The van der Waals surface area contributed by atoms with E-state index in [0.717, 1.165) is 12.2 Å². The zero-order chi connectivity index (χ0) is 15.5. The van der Waals surface area contributed by atoms with Gasteiger partial charge in [-0.1, -0.05) is 19.3 Å². The Bertz CT molecular complexity index is 579. The second-order valence-electron chi connectivity index (χ2n) is 5.92. The molecule has 1 aliphatic carbocycles. The van der Waals surface area contributed by atoms with Crippen LogP contribution in [0.15, 0.2) is 23.1 Å². The number of nitrogen functional groups attached to an aromatic ring is 1. The molecule has 1 aromatic carbocycles. The number of anilines is 2. The fourth-order valence-electron chi connectivity index (χ4n) is 2.72. The summed E-state index contributed by atoms with van der Waals surface area (Å²) in [5, 5.41) is 3.36. The van der Waals surface area contributed by atoms with E-state index in [9.17, 15) is 8.42 Å². The van der Waals surface area contributed by atoms with Crippen LogP contribution in [0.25, 0.3) is 0 Å². The van der Waals surface area contributed by atoms with E-state index < -0.39 is 10.0 Å². The second kappa shape index (κ2) is 6.66. The first-order valence-corrected chi connectivity index (χ1v) is 8.91. The predicted molar refractivity (Wildman–Crippen MR) is 86.8 cm³/mol. The van der Waals surface area contributed by atoms with Crippen molar-refractivity contribution in [3.63, 3.8) is 0 Å². The smallest absolute Gasteiger partial charge is 0.242 e. The van der Waals surface area contributed by atoms with Gasteiger partial charge < -0.3 is 11.1 Å². The van der Waals surface area contributed by atoms with Crippen LogP contribution in [0.2, 0.25) is 0 Å². The molecule has 21 heavy (non-hydrogen) atoms. The van der Waals surface area contributed by atoms with Crippen LogP contribution in [0.3, 0.4) is 0 Å². The standard InChI is InChI=1S/C15H25N3O2S/c1-18(2)21(19,20)13-8-9-15(14(16)10-13)17-11-12-6-4-3-5-7-12/h8-10,12,17H,3-7,11,16H2,1-2H3. The van der Waals surface area contributed by atoms with Crippen molar-refractivity contribution in [2.24, 2.45) is 5.92 Å². The van der Waals surface area contributed by atoms with Gasteiger partial charge in [0.1, 0.15) is 0 Å². The number of nitrogens with zero attached hydrogens (tertiary/aromatic N) is 1. The first kappa shape index (κ1) is 16.1. The SMILES string of the molecule is CN(C)S(=O)(=O)c1ccc(NCC2CCCCC2)c(N)c1. The summed E-state index contributed by atoms with van der Waals surface area (Å²) in [5.41, 5.74) is 7.29. The van der Waals surface area contributed by atoms with Gasteiger partial charge in [-0.2, -0.15) is 0 Å². The number of nitrogens with one attached hydrogen (secondary N) is 1. The minimum absolute atomic E-state index is 0.230. The van der Waals surface area contributed by atoms with Gasteiger partial charge >= 0.3 is 0 Å². The van der Waals surface area contributed by atoms with Crippen molar-refractivity contribution >= 4 is 21.4 Å². The zero-order valence-corrected chi connectivity index (χ0v) is 13.6. The van der Waals surface area contributed by atoms with Gasteiger partial charge in [-0.05, 0) is 37.0 Å².